The number of carbonyl (C=O) groups excluding carboxylic acids is 1. The van der Waals surface area contributed by atoms with Gasteiger partial charge in [-0.1, -0.05) is 0 Å². The molecule has 7 heteroatoms. The summed E-state index contributed by atoms with van der Waals surface area (Å²) in [6.45, 7) is 0. The molecule has 0 bridgehead atoms. The van der Waals surface area contributed by atoms with E-state index in [2.05, 4.69) is 9.72 Å². The lowest BCUT2D eigenvalue weighted by Crippen LogP contribution is -2.17. The molecule has 1 rings (SSSR count). The molecule has 0 unspecified atom stereocenters. The van der Waals surface area contributed by atoms with Gasteiger partial charge in [0.1, 0.15) is 0 Å². The fourth-order valence-corrected chi connectivity index (χ4v) is 1.32. The Morgan fingerprint density at radius 3 is 2.76 bits per heavy atom. The number of rotatable bonds is 3. The predicted molar refractivity (Wildman–Crippen MR) is 52.5 cm³/mol. The number of carbonyl (C=O) groups is 1. The Labute approximate surface area is 94.6 Å². The third-order valence-corrected chi connectivity index (χ3v) is 2.05. The van der Waals surface area contributed by atoms with Crippen molar-refractivity contribution in [2.45, 2.75) is 12.8 Å². The molecular formula is C10H8F2N2O3. The largest absolute Gasteiger partial charge is 0.469 e. The van der Waals surface area contributed by atoms with Crippen LogP contribution in [0.15, 0.2) is 10.9 Å². The number of nitrogens with one attached hydrogen (secondary N) is 1. The van der Waals surface area contributed by atoms with Crippen molar-refractivity contribution >= 4 is 5.97 Å². The summed E-state index contributed by atoms with van der Waals surface area (Å²) >= 11 is 0. The van der Waals surface area contributed by atoms with Gasteiger partial charge in [0.15, 0.2) is 0 Å². The number of nitriles is 1. The van der Waals surface area contributed by atoms with Crippen LogP contribution in [0.25, 0.3) is 0 Å². The number of aromatic nitrogens is 1. The summed E-state index contributed by atoms with van der Waals surface area (Å²) in [5.41, 5.74) is -2.10. The average Bonchev–Trinajstić information content (AvgIpc) is 2.27. The quantitative estimate of drug-likeness (QED) is 0.798. The molecule has 1 aromatic heterocycles. The van der Waals surface area contributed by atoms with Crippen molar-refractivity contribution in [1.29, 1.82) is 5.26 Å². The van der Waals surface area contributed by atoms with E-state index < -0.39 is 35.5 Å². The monoisotopic (exact) mass is 242 g/mol. The van der Waals surface area contributed by atoms with Crippen molar-refractivity contribution < 1.29 is 18.3 Å². The highest BCUT2D eigenvalue weighted by atomic mass is 19.3. The molecule has 0 aliphatic carbocycles. The molecule has 0 aliphatic rings. The van der Waals surface area contributed by atoms with Crippen LogP contribution < -0.4 is 5.56 Å². The second-order valence-corrected chi connectivity index (χ2v) is 3.10. The molecule has 0 spiro atoms. The lowest BCUT2D eigenvalue weighted by atomic mass is 10.1. The Hall–Kier alpha value is -2.23. The Balaban J connectivity index is 3.37. The van der Waals surface area contributed by atoms with Crippen LogP contribution in [0.2, 0.25) is 0 Å². The molecule has 17 heavy (non-hydrogen) atoms. The maximum absolute atomic E-state index is 12.7. The number of H-pyrrole nitrogens is 1. The molecule has 0 amide bonds. The van der Waals surface area contributed by atoms with Gasteiger partial charge in [-0.15, -0.1) is 0 Å². The standard InChI is InChI=1S/C10H8F2N2O3/c1-17-8(16)3-6-9(10(11)12)5(4-13)2-7(15)14-6/h2,10H,3H2,1H3,(H,14,15). The van der Waals surface area contributed by atoms with Crippen molar-refractivity contribution in [1.82, 2.24) is 4.98 Å². The fourth-order valence-electron chi connectivity index (χ4n) is 1.32. The number of pyridine rings is 1. The van der Waals surface area contributed by atoms with Crippen LogP contribution in [0.5, 0.6) is 0 Å². The van der Waals surface area contributed by atoms with Gasteiger partial charge in [-0.05, 0) is 0 Å². The van der Waals surface area contributed by atoms with Gasteiger partial charge in [0, 0.05) is 11.8 Å². The lowest BCUT2D eigenvalue weighted by Gasteiger charge is -2.08. The zero-order valence-electron chi connectivity index (χ0n) is 8.79. The molecule has 0 saturated carbocycles. The molecule has 1 heterocycles. The second kappa shape index (κ2) is 5.21. The highest BCUT2D eigenvalue weighted by Crippen LogP contribution is 2.24. The number of hydrogen-bond donors (Lipinski definition) is 1. The molecule has 0 saturated heterocycles. The van der Waals surface area contributed by atoms with Crippen LogP contribution in [0.1, 0.15) is 23.2 Å². The van der Waals surface area contributed by atoms with E-state index in [1.165, 1.54) is 6.07 Å². The zero-order chi connectivity index (χ0) is 13.0. The number of alkyl halides is 2. The number of halogens is 2. The van der Waals surface area contributed by atoms with E-state index >= 15 is 0 Å². The molecule has 90 valence electrons. The van der Waals surface area contributed by atoms with Gasteiger partial charge in [0.25, 0.3) is 6.43 Å². The van der Waals surface area contributed by atoms with Crippen molar-refractivity contribution in [3.8, 4) is 6.07 Å². The van der Waals surface area contributed by atoms with E-state index in [9.17, 15) is 18.4 Å². The van der Waals surface area contributed by atoms with Crippen LogP contribution in [-0.4, -0.2) is 18.1 Å². The van der Waals surface area contributed by atoms with Gasteiger partial charge in [0.05, 0.1) is 30.7 Å². The van der Waals surface area contributed by atoms with E-state index in [0.29, 0.717) is 0 Å². The van der Waals surface area contributed by atoms with Gasteiger partial charge in [0.2, 0.25) is 5.56 Å². The summed E-state index contributed by atoms with van der Waals surface area (Å²) in [5.74, 6) is -0.780. The maximum atomic E-state index is 12.7. The molecule has 0 fully saturated rings. The summed E-state index contributed by atoms with van der Waals surface area (Å²) < 4.78 is 29.8. The summed E-state index contributed by atoms with van der Waals surface area (Å²) in [7, 11) is 1.09. The molecule has 0 atom stereocenters. The van der Waals surface area contributed by atoms with Gasteiger partial charge in [-0.3, -0.25) is 9.59 Å². The Kier molecular flexibility index (Phi) is 3.93. The number of methoxy groups -OCH3 is 1. The van der Waals surface area contributed by atoms with Gasteiger partial charge >= 0.3 is 5.97 Å². The van der Waals surface area contributed by atoms with Crippen LogP contribution >= 0.6 is 0 Å². The minimum atomic E-state index is -2.96. The highest BCUT2D eigenvalue weighted by molar-refractivity contribution is 5.72. The maximum Gasteiger partial charge on any atom is 0.311 e. The van der Waals surface area contributed by atoms with E-state index in [1.54, 1.807) is 0 Å². The molecule has 0 aromatic carbocycles. The number of aromatic amines is 1. The Morgan fingerprint density at radius 2 is 2.29 bits per heavy atom. The summed E-state index contributed by atoms with van der Waals surface area (Å²) in [4.78, 5) is 24.2. The first-order valence-electron chi connectivity index (χ1n) is 4.50. The number of nitrogens with zero attached hydrogens (tertiary/aromatic N) is 1. The summed E-state index contributed by atoms with van der Waals surface area (Å²) in [6.07, 6.45) is -3.47. The fraction of sp³-hybridized carbons (Fsp3) is 0.300. The first-order chi connectivity index (χ1) is 7.99. The average molecular weight is 242 g/mol. The van der Waals surface area contributed by atoms with Gasteiger partial charge in [-0.25, -0.2) is 8.78 Å². The highest BCUT2D eigenvalue weighted by Gasteiger charge is 2.21. The first-order valence-corrected chi connectivity index (χ1v) is 4.50. The molecular weight excluding hydrogens is 234 g/mol. The SMILES string of the molecule is COC(=O)Cc1[nH]c(=O)cc(C#N)c1C(F)F. The number of hydrogen-bond acceptors (Lipinski definition) is 4. The molecule has 0 radical (unpaired) electrons. The van der Waals surface area contributed by atoms with Crippen molar-refractivity contribution in [3.05, 3.63) is 33.2 Å². The summed E-state index contributed by atoms with van der Waals surface area (Å²) in [6, 6.07) is 2.26. The van der Waals surface area contributed by atoms with E-state index in [-0.39, 0.29) is 5.69 Å². The molecule has 1 N–H and O–H groups in total. The van der Waals surface area contributed by atoms with Crippen LogP contribution in [0.3, 0.4) is 0 Å². The third-order valence-electron chi connectivity index (χ3n) is 2.05. The van der Waals surface area contributed by atoms with Crippen molar-refractivity contribution in [2.75, 3.05) is 7.11 Å². The summed E-state index contributed by atoms with van der Waals surface area (Å²) in [5, 5.41) is 8.66. The minimum absolute atomic E-state index is 0.295. The Morgan fingerprint density at radius 1 is 1.65 bits per heavy atom. The van der Waals surface area contributed by atoms with E-state index in [1.807, 2.05) is 0 Å². The van der Waals surface area contributed by atoms with Crippen molar-refractivity contribution in [3.63, 3.8) is 0 Å². The predicted octanol–water partition coefficient (Wildman–Crippen LogP) is 0.900. The van der Waals surface area contributed by atoms with Gasteiger partial charge < -0.3 is 9.72 Å². The van der Waals surface area contributed by atoms with Crippen LogP contribution in [0, 0.1) is 11.3 Å². The number of ether oxygens (including phenoxy) is 1. The first kappa shape index (κ1) is 12.8. The zero-order valence-corrected chi connectivity index (χ0v) is 8.79. The van der Waals surface area contributed by atoms with Crippen LogP contribution in [0.4, 0.5) is 8.78 Å². The second-order valence-electron chi connectivity index (χ2n) is 3.10. The van der Waals surface area contributed by atoms with Crippen LogP contribution in [-0.2, 0) is 16.0 Å². The van der Waals surface area contributed by atoms with E-state index in [4.69, 9.17) is 5.26 Å². The third kappa shape index (κ3) is 2.87. The normalized spacial score (nSPS) is 10.1. The topological polar surface area (TPSA) is 83.0 Å². The smallest absolute Gasteiger partial charge is 0.311 e. The van der Waals surface area contributed by atoms with E-state index in [0.717, 1.165) is 13.2 Å². The molecule has 0 aliphatic heterocycles. The molecule has 5 nitrogen and oxygen atoms in total. The molecule has 1 aromatic rings. The van der Waals surface area contributed by atoms with Gasteiger partial charge in [-0.2, -0.15) is 5.26 Å². The number of esters is 1. The lowest BCUT2D eigenvalue weighted by molar-refractivity contribution is -0.139. The minimum Gasteiger partial charge on any atom is -0.469 e. The van der Waals surface area contributed by atoms with Crippen molar-refractivity contribution in [2.24, 2.45) is 0 Å². The Bertz CT molecular complexity index is 531.